The number of pyridine rings is 2. The molecule has 0 spiro atoms. The lowest BCUT2D eigenvalue weighted by molar-refractivity contribution is 0.886. The Kier molecular flexibility index (Phi) is 43.7. The predicted molar refractivity (Wildman–Crippen MR) is 214 cm³/mol. The van der Waals surface area contributed by atoms with Gasteiger partial charge in [0.15, 0.2) is 0 Å². The smallest absolute Gasteiger partial charge is 0.0886 e. The van der Waals surface area contributed by atoms with E-state index in [2.05, 4.69) is 126 Å². The summed E-state index contributed by atoms with van der Waals surface area (Å²) in [5, 5.41) is 0. The van der Waals surface area contributed by atoms with Crippen molar-refractivity contribution in [1.82, 2.24) is 9.97 Å². The fourth-order valence-corrected chi connectivity index (χ4v) is 4.05. The van der Waals surface area contributed by atoms with Crippen LogP contribution >= 0.6 is 23.5 Å². The molecule has 3 aromatic rings. The van der Waals surface area contributed by atoms with Crippen LogP contribution in [0.4, 0.5) is 0 Å². The van der Waals surface area contributed by atoms with Crippen molar-refractivity contribution in [3.05, 3.63) is 108 Å². The van der Waals surface area contributed by atoms with Crippen molar-refractivity contribution in [2.24, 2.45) is 0 Å². The minimum atomic E-state index is 0.915. The highest BCUT2D eigenvalue weighted by Crippen LogP contribution is 2.11. The van der Waals surface area contributed by atoms with Crippen LogP contribution in [0.3, 0.4) is 0 Å². The molecule has 0 N–H and O–H groups in total. The lowest BCUT2D eigenvalue weighted by Crippen LogP contribution is -1.83. The van der Waals surface area contributed by atoms with E-state index in [1.54, 1.807) is 12.4 Å². The Morgan fingerprint density at radius 1 is 0.489 bits per heavy atom. The van der Waals surface area contributed by atoms with Crippen molar-refractivity contribution in [2.75, 3.05) is 24.0 Å². The van der Waals surface area contributed by atoms with Crippen LogP contribution in [0.1, 0.15) is 110 Å². The number of hydrogen-bond donors (Lipinski definition) is 0. The zero-order valence-electron chi connectivity index (χ0n) is 30.7. The SMILES string of the molecule is C1=CCC/C=C\CC1.CCC.CCCC.CCCC.CSCCSC.Cc1ccccc1C.c1ccc(-c2ccccn2)nc1. The molecule has 2 nitrogen and oxygen atoms in total. The van der Waals surface area contributed by atoms with Gasteiger partial charge in [0.2, 0.25) is 0 Å². The molecule has 0 fully saturated rings. The molecule has 4 heteroatoms. The maximum atomic E-state index is 4.19. The summed E-state index contributed by atoms with van der Waals surface area (Å²) in [6.45, 7) is 17.2. The average Bonchev–Trinajstić information content (AvgIpc) is 3.07. The van der Waals surface area contributed by atoms with Crippen molar-refractivity contribution >= 4 is 23.5 Å². The number of nitrogens with zero attached hydrogens (tertiary/aromatic N) is 2. The third-order valence-electron chi connectivity index (χ3n) is 5.84. The molecule has 0 aliphatic heterocycles. The van der Waals surface area contributed by atoms with Gasteiger partial charge in [-0.05, 0) is 87.4 Å². The molecule has 0 bridgehead atoms. The first-order valence-electron chi connectivity index (χ1n) is 17.1. The first-order valence-corrected chi connectivity index (χ1v) is 19.8. The summed E-state index contributed by atoms with van der Waals surface area (Å²) in [6, 6.07) is 20.0. The van der Waals surface area contributed by atoms with E-state index in [1.807, 2.05) is 59.9 Å². The number of aromatic nitrogens is 2. The molecule has 254 valence electrons. The molecular weight excluding hydrogens is 585 g/mol. The second-order valence-electron chi connectivity index (χ2n) is 10.3. The second kappa shape index (κ2) is 41.7. The highest BCUT2D eigenvalue weighted by atomic mass is 32.2. The van der Waals surface area contributed by atoms with Gasteiger partial charge >= 0.3 is 0 Å². The van der Waals surface area contributed by atoms with Crippen LogP contribution in [0.5, 0.6) is 0 Å². The van der Waals surface area contributed by atoms with Gasteiger partial charge < -0.3 is 0 Å². The molecule has 1 aliphatic rings. The van der Waals surface area contributed by atoms with Gasteiger partial charge in [-0.2, -0.15) is 23.5 Å². The maximum absolute atomic E-state index is 4.19. The molecule has 1 aromatic carbocycles. The van der Waals surface area contributed by atoms with E-state index in [4.69, 9.17) is 0 Å². The summed E-state index contributed by atoms with van der Waals surface area (Å²) in [5.41, 5.74) is 4.57. The van der Waals surface area contributed by atoms with Gasteiger partial charge in [0.1, 0.15) is 0 Å². The van der Waals surface area contributed by atoms with Crippen molar-refractivity contribution in [2.45, 2.75) is 113 Å². The third kappa shape index (κ3) is 37.8. The molecule has 0 saturated heterocycles. The molecule has 45 heavy (non-hydrogen) atoms. The monoisotopic (exact) mass is 652 g/mol. The molecular formula is C41H68N2S2. The Hall–Kier alpha value is -2.30. The Balaban J connectivity index is -0.000000482. The summed E-state index contributed by atoms with van der Waals surface area (Å²) in [4.78, 5) is 8.37. The van der Waals surface area contributed by atoms with Crippen LogP contribution in [-0.2, 0) is 0 Å². The molecule has 1 aliphatic carbocycles. The van der Waals surface area contributed by atoms with Gasteiger partial charge in [-0.15, -0.1) is 0 Å². The second-order valence-corrected chi connectivity index (χ2v) is 12.3. The van der Waals surface area contributed by atoms with E-state index >= 15 is 0 Å². The van der Waals surface area contributed by atoms with Crippen molar-refractivity contribution in [1.29, 1.82) is 0 Å². The van der Waals surface area contributed by atoms with E-state index < -0.39 is 0 Å². The standard InChI is InChI=1S/C10H8N2.C8H10.C8H12.C4H10S2.2C4H10.C3H8/c1-3-7-11-9(5-1)10-6-2-4-8-12-10;1-7-5-3-4-6-8(7)2;1-2-4-6-8-7-5-3-1;1-5-3-4-6-2;2*1-3-4-2;1-3-2/h1-8H;3-6H,1-2H3;1-2,7-8H,3-6H2;3-4H2,1-2H3;2*3-4H2,1-2H3;3H2,1-2H3/b;;2-1-,8-7?;;;;. The number of allylic oxidation sites excluding steroid dienone is 4. The van der Waals surface area contributed by atoms with Crippen LogP contribution in [0, 0.1) is 13.8 Å². The minimum Gasteiger partial charge on any atom is -0.255 e. The Bertz CT molecular complexity index is 892. The van der Waals surface area contributed by atoms with Crippen LogP contribution in [0.15, 0.2) is 97.4 Å². The largest absolute Gasteiger partial charge is 0.255 e. The van der Waals surface area contributed by atoms with E-state index in [9.17, 15) is 0 Å². The molecule has 2 aromatic heterocycles. The lowest BCUT2D eigenvalue weighted by atomic mass is 10.1. The van der Waals surface area contributed by atoms with Gasteiger partial charge in [-0.25, -0.2) is 0 Å². The Labute approximate surface area is 289 Å². The Morgan fingerprint density at radius 2 is 0.778 bits per heavy atom. The summed E-state index contributed by atoms with van der Waals surface area (Å²) in [7, 11) is 0. The summed E-state index contributed by atoms with van der Waals surface area (Å²) in [6.07, 6.45) is 28.3. The fraction of sp³-hybridized carbons (Fsp3) is 0.512. The zero-order valence-corrected chi connectivity index (χ0v) is 32.4. The normalized spacial score (nSPS) is 11.4. The van der Waals surface area contributed by atoms with Gasteiger partial charge in [-0.3, -0.25) is 9.97 Å². The molecule has 4 rings (SSSR count). The third-order valence-corrected chi connectivity index (χ3v) is 7.33. The molecule has 0 atom stereocenters. The first-order chi connectivity index (χ1) is 21.9. The molecule has 0 saturated carbocycles. The molecule has 0 unspecified atom stereocenters. The van der Waals surface area contributed by atoms with E-state index in [1.165, 1.54) is 80.4 Å². The highest BCUT2D eigenvalue weighted by Gasteiger charge is 1.95. The van der Waals surface area contributed by atoms with Crippen LogP contribution in [0.25, 0.3) is 11.4 Å². The summed E-state index contributed by atoms with van der Waals surface area (Å²) >= 11 is 3.81. The van der Waals surface area contributed by atoms with E-state index in [-0.39, 0.29) is 0 Å². The number of hydrogen-bond acceptors (Lipinski definition) is 4. The van der Waals surface area contributed by atoms with E-state index in [0.717, 1.165) is 11.4 Å². The molecule has 0 radical (unpaired) electrons. The minimum absolute atomic E-state index is 0.915. The maximum Gasteiger partial charge on any atom is 0.0886 e. The number of thioether (sulfide) groups is 2. The molecule has 0 amide bonds. The summed E-state index contributed by atoms with van der Waals surface area (Å²) in [5.74, 6) is 2.59. The van der Waals surface area contributed by atoms with Gasteiger partial charge in [0, 0.05) is 23.9 Å². The highest BCUT2D eigenvalue weighted by molar-refractivity contribution is 8.02. The average molecular weight is 653 g/mol. The Morgan fingerprint density at radius 3 is 0.978 bits per heavy atom. The number of rotatable bonds is 6. The van der Waals surface area contributed by atoms with Crippen molar-refractivity contribution < 1.29 is 0 Å². The van der Waals surface area contributed by atoms with Gasteiger partial charge in [0.25, 0.3) is 0 Å². The zero-order chi connectivity index (χ0) is 34.2. The van der Waals surface area contributed by atoms with Crippen LogP contribution in [-0.4, -0.2) is 34.0 Å². The number of aryl methyl sites for hydroxylation is 2. The number of benzene rings is 1. The van der Waals surface area contributed by atoms with E-state index in [0.29, 0.717) is 0 Å². The first kappa shape index (κ1) is 47.1. The topological polar surface area (TPSA) is 25.8 Å². The fourth-order valence-electron chi connectivity index (χ4n) is 2.71. The van der Waals surface area contributed by atoms with Crippen molar-refractivity contribution in [3.63, 3.8) is 0 Å². The molecule has 2 heterocycles. The van der Waals surface area contributed by atoms with Crippen LogP contribution in [0.2, 0.25) is 0 Å². The number of unbranched alkanes of at least 4 members (excludes halogenated alkanes) is 2. The van der Waals surface area contributed by atoms with Gasteiger partial charge in [0.05, 0.1) is 11.4 Å². The predicted octanol–water partition coefficient (Wildman–Crippen LogP) is 13.9. The van der Waals surface area contributed by atoms with Crippen molar-refractivity contribution in [3.8, 4) is 11.4 Å². The summed E-state index contributed by atoms with van der Waals surface area (Å²) < 4.78 is 0. The van der Waals surface area contributed by atoms with Gasteiger partial charge in [-0.1, -0.05) is 134 Å². The quantitative estimate of drug-likeness (QED) is 0.195. The lowest BCUT2D eigenvalue weighted by Gasteiger charge is -1.96. The van der Waals surface area contributed by atoms with Crippen LogP contribution < -0.4 is 0 Å².